The Hall–Kier alpha value is -2.83. The van der Waals surface area contributed by atoms with Gasteiger partial charge in [0.2, 0.25) is 0 Å². The van der Waals surface area contributed by atoms with Crippen LogP contribution < -0.4 is 14.2 Å². The summed E-state index contributed by atoms with van der Waals surface area (Å²) in [6.45, 7) is 1.25. The van der Waals surface area contributed by atoms with E-state index in [0.717, 1.165) is 17.5 Å². The van der Waals surface area contributed by atoms with Crippen LogP contribution in [0, 0.1) is 0 Å². The lowest BCUT2D eigenvalue weighted by atomic mass is 10.0. The third-order valence-electron chi connectivity index (χ3n) is 4.20. The van der Waals surface area contributed by atoms with Crippen molar-refractivity contribution in [1.82, 2.24) is 0 Å². The highest BCUT2D eigenvalue weighted by molar-refractivity contribution is 6.07. The summed E-state index contributed by atoms with van der Waals surface area (Å²) in [5.74, 6) is 1.74. The SMILES string of the molecule is CCc1ccc(OC)c(/C=C/C(=O)c2ccc(OC(OC)OC)cc2)c1OC. The maximum Gasteiger partial charge on any atom is 0.315 e. The van der Waals surface area contributed by atoms with Crippen LogP contribution in [0.1, 0.15) is 28.4 Å². The minimum absolute atomic E-state index is 0.146. The van der Waals surface area contributed by atoms with E-state index in [-0.39, 0.29) is 5.78 Å². The van der Waals surface area contributed by atoms with Crippen LogP contribution in [0.2, 0.25) is 0 Å². The van der Waals surface area contributed by atoms with Gasteiger partial charge in [-0.15, -0.1) is 0 Å². The average Bonchev–Trinajstić information content (AvgIpc) is 2.75. The molecule has 0 amide bonds. The first kappa shape index (κ1) is 21.5. The second kappa shape index (κ2) is 10.5. The number of ether oxygens (including phenoxy) is 5. The van der Waals surface area contributed by atoms with Crippen LogP contribution >= 0.6 is 0 Å². The van der Waals surface area contributed by atoms with E-state index in [4.69, 9.17) is 23.7 Å². The zero-order valence-electron chi connectivity index (χ0n) is 16.9. The number of carbonyl (C=O) groups is 1. The van der Waals surface area contributed by atoms with Gasteiger partial charge < -0.3 is 23.7 Å². The summed E-state index contributed by atoms with van der Waals surface area (Å²) in [5, 5.41) is 0. The minimum Gasteiger partial charge on any atom is -0.496 e. The second-order valence-electron chi connectivity index (χ2n) is 5.83. The zero-order valence-corrected chi connectivity index (χ0v) is 16.9. The van der Waals surface area contributed by atoms with E-state index in [0.29, 0.717) is 22.8 Å². The molecular weight excluding hydrogens is 360 g/mol. The molecule has 28 heavy (non-hydrogen) atoms. The molecule has 0 N–H and O–H groups in total. The van der Waals surface area contributed by atoms with Gasteiger partial charge in [-0.1, -0.05) is 13.0 Å². The first-order valence-corrected chi connectivity index (χ1v) is 8.86. The number of methoxy groups -OCH3 is 4. The quantitative estimate of drug-likeness (QED) is 0.348. The van der Waals surface area contributed by atoms with E-state index >= 15 is 0 Å². The lowest BCUT2D eigenvalue weighted by Crippen LogP contribution is -2.20. The lowest BCUT2D eigenvalue weighted by molar-refractivity contribution is -0.219. The van der Waals surface area contributed by atoms with Gasteiger partial charge in [-0.2, -0.15) is 0 Å². The monoisotopic (exact) mass is 386 g/mol. The third-order valence-corrected chi connectivity index (χ3v) is 4.20. The number of hydrogen-bond donors (Lipinski definition) is 0. The molecule has 0 aromatic heterocycles. The molecule has 0 saturated carbocycles. The summed E-state index contributed by atoms with van der Waals surface area (Å²) in [4.78, 5) is 12.6. The van der Waals surface area contributed by atoms with E-state index in [2.05, 4.69) is 0 Å². The summed E-state index contributed by atoms with van der Waals surface area (Å²) >= 11 is 0. The maximum atomic E-state index is 12.6. The largest absolute Gasteiger partial charge is 0.496 e. The number of ketones is 1. The smallest absolute Gasteiger partial charge is 0.315 e. The topological polar surface area (TPSA) is 63.2 Å². The highest BCUT2D eigenvalue weighted by Crippen LogP contribution is 2.33. The normalized spacial score (nSPS) is 11.1. The number of benzene rings is 2. The summed E-state index contributed by atoms with van der Waals surface area (Å²) < 4.78 is 26.4. The highest BCUT2D eigenvalue weighted by Gasteiger charge is 2.13. The molecular formula is C22H26O6. The molecule has 0 bridgehead atoms. The van der Waals surface area contributed by atoms with Gasteiger partial charge in [0.05, 0.1) is 19.8 Å². The fraction of sp³-hybridized carbons (Fsp3) is 0.318. The zero-order chi connectivity index (χ0) is 20.5. The van der Waals surface area contributed by atoms with Crippen LogP contribution in [0.3, 0.4) is 0 Å². The van der Waals surface area contributed by atoms with Crippen LogP contribution in [0.4, 0.5) is 0 Å². The van der Waals surface area contributed by atoms with Crippen molar-refractivity contribution in [1.29, 1.82) is 0 Å². The Balaban J connectivity index is 2.22. The van der Waals surface area contributed by atoms with E-state index in [9.17, 15) is 4.79 Å². The Morgan fingerprint density at radius 1 is 0.964 bits per heavy atom. The Morgan fingerprint density at radius 3 is 2.18 bits per heavy atom. The standard InChI is InChI=1S/C22H26O6/c1-6-15-9-14-20(24-2)18(21(15)25-3)12-13-19(23)16-7-10-17(11-8-16)28-22(26-4)27-5/h7-14,22H,6H2,1-5H3/b13-12+. The molecule has 2 aromatic carbocycles. The number of rotatable bonds is 10. The predicted molar refractivity (Wildman–Crippen MR) is 107 cm³/mol. The van der Waals surface area contributed by atoms with Gasteiger partial charge in [-0.05, 0) is 54.5 Å². The maximum absolute atomic E-state index is 12.6. The molecule has 0 aliphatic rings. The lowest BCUT2D eigenvalue weighted by Gasteiger charge is -2.15. The molecule has 0 radical (unpaired) electrons. The Kier molecular flexibility index (Phi) is 8.04. The molecule has 0 aliphatic carbocycles. The molecule has 0 unspecified atom stereocenters. The van der Waals surface area contributed by atoms with E-state index in [1.54, 1.807) is 44.6 Å². The Morgan fingerprint density at radius 2 is 1.64 bits per heavy atom. The third kappa shape index (κ3) is 5.12. The molecule has 6 nitrogen and oxygen atoms in total. The van der Waals surface area contributed by atoms with Gasteiger partial charge in [-0.3, -0.25) is 4.79 Å². The molecule has 0 saturated heterocycles. The number of aryl methyl sites for hydroxylation is 1. The van der Waals surface area contributed by atoms with Crippen molar-refractivity contribution in [3.05, 3.63) is 59.2 Å². The Bertz CT molecular complexity index is 807. The van der Waals surface area contributed by atoms with E-state index < -0.39 is 6.48 Å². The van der Waals surface area contributed by atoms with Crippen LogP contribution in [0.25, 0.3) is 6.08 Å². The first-order valence-electron chi connectivity index (χ1n) is 8.86. The van der Waals surface area contributed by atoms with Crippen LogP contribution in [0.15, 0.2) is 42.5 Å². The summed E-state index contributed by atoms with van der Waals surface area (Å²) in [5.41, 5.74) is 2.31. The molecule has 0 spiro atoms. The minimum atomic E-state index is -0.799. The van der Waals surface area contributed by atoms with Crippen molar-refractivity contribution in [2.45, 2.75) is 19.8 Å². The van der Waals surface area contributed by atoms with Crippen LogP contribution in [0.5, 0.6) is 17.2 Å². The van der Waals surface area contributed by atoms with Gasteiger partial charge in [-0.25, -0.2) is 0 Å². The molecule has 2 aromatic rings. The first-order chi connectivity index (χ1) is 13.6. The van der Waals surface area contributed by atoms with Crippen molar-refractivity contribution in [3.63, 3.8) is 0 Å². The van der Waals surface area contributed by atoms with Gasteiger partial charge >= 0.3 is 6.48 Å². The van der Waals surface area contributed by atoms with Crippen molar-refractivity contribution in [2.24, 2.45) is 0 Å². The molecule has 2 rings (SSSR count). The van der Waals surface area contributed by atoms with Gasteiger partial charge in [0.25, 0.3) is 0 Å². The van der Waals surface area contributed by atoms with Crippen molar-refractivity contribution in [2.75, 3.05) is 28.4 Å². The van der Waals surface area contributed by atoms with Gasteiger partial charge in [0.15, 0.2) is 5.78 Å². The molecule has 6 heteroatoms. The molecule has 150 valence electrons. The predicted octanol–water partition coefficient (Wildman–Crippen LogP) is 4.12. The van der Waals surface area contributed by atoms with Gasteiger partial charge in [0, 0.05) is 19.8 Å². The summed E-state index contributed by atoms with van der Waals surface area (Å²) in [6.07, 6.45) is 4.03. The summed E-state index contributed by atoms with van der Waals surface area (Å²) in [7, 11) is 6.16. The molecule has 0 fully saturated rings. The van der Waals surface area contributed by atoms with E-state index in [1.807, 2.05) is 19.1 Å². The molecule has 0 aliphatic heterocycles. The van der Waals surface area contributed by atoms with Gasteiger partial charge in [0.1, 0.15) is 17.2 Å². The van der Waals surface area contributed by atoms with Crippen LogP contribution in [-0.2, 0) is 15.9 Å². The average molecular weight is 386 g/mol. The van der Waals surface area contributed by atoms with Crippen molar-refractivity contribution >= 4 is 11.9 Å². The van der Waals surface area contributed by atoms with Crippen molar-refractivity contribution < 1.29 is 28.5 Å². The summed E-state index contributed by atoms with van der Waals surface area (Å²) in [6, 6.07) is 10.6. The second-order valence-corrected chi connectivity index (χ2v) is 5.83. The fourth-order valence-corrected chi connectivity index (χ4v) is 2.74. The van der Waals surface area contributed by atoms with Crippen LogP contribution in [-0.4, -0.2) is 40.7 Å². The molecule has 0 atom stereocenters. The number of carbonyl (C=O) groups excluding carboxylic acids is 1. The molecule has 0 heterocycles. The number of hydrogen-bond acceptors (Lipinski definition) is 6. The van der Waals surface area contributed by atoms with Crippen molar-refractivity contribution in [3.8, 4) is 17.2 Å². The number of allylic oxidation sites excluding steroid dienone is 1. The Labute approximate surface area is 165 Å². The highest BCUT2D eigenvalue weighted by atomic mass is 16.8. The fourth-order valence-electron chi connectivity index (χ4n) is 2.74. The van der Waals surface area contributed by atoms with E-state index in [1.165, 1.54) is 20.3 Å².